The van der Waals surface area contributed by atoms with Crippen LogP contribution in [-0.4, -0.2) is 23.7 Å². The maximum absolute atomic E-state index is 10.9. The lowest BCUT2D eigenvalue weighted by molar-refractivity contribution is -0.141. The number of carbonyl (C=O) groups excluding carboxylic acids is 1. The summed E-state index contributed by atoms with van der Waals surface area (Å²) in [6.07, 6.45) is 3.94. The molecule has 0 aliphatic carbocycles. The van der Waals surface area contributed by atoms with Gasteiger partial charge in [-0.2, -0.15) is 0 Å². The Morgan fingerprint density at radius 2 is 2.00 bits per heavy atom. The van der Waals surface area contributed by atoms with E-state index in [4.69, 9.17) is 9.84 Å². The van der Waals surface area contributed by atoms with Crippen LogP contribution in [0.5, 0.6) is 0 Å². The van der Waals surface area contributed by atoms with Gasteiger partial charge in [0, 0.05) is 6.08 Å². The summed E-state index contributed by atoms with van der Waals surface area (Å²) in [6, 6.07) is 0. The predicted octanol–water partition coefficient (Wildman–Crippen LogP) is 1.53. The number of allylic oxidation sites excluding steroid dienone is 1. The summed E-state index contributed by atoms with van der Waals surface area (Å²) in [4.78, 5) is 20.9. The molecule has 0 aromatic carbocycles. The number of esters is 1. The van der Waals surface area contributed by atoms with Crippen molar-refractivity contribution in [3.05, 3.63) is 23.8 Å². The molecule has 0 heterocycles. The highest BCUT2D eigenvalue weighted by molar-refractivity contribution is 5.81. The number of aliphatic carboxylic acids is 1. The fraction of sp³-hybridized carbons (Fsp3) is 0.400. The van der Waals surface area contributed by atoms with E-state index in [2.05, 4.69) is 0 Å². The molecule has 0 saturated carbocycles. The van der Waals surface area contributed by atoms with Gasteiger partial charge in [-0.25, -0.2) is 4.79 Å². The molecular formula is C10H14O4. The summed E-state index contributed by atoms with van der Waals surface area (Å²) in [5.41, 5.74) is 1.07. The number of hydrogen-bond donors (Lipinski definition) is 1. The van der Waals surface area contributed by atoms with Crippen molar-refractivity contribution in [1.29, 1.82) is 0 Å². The standard InChI is InChI=1S/C10H14O4/c1-8(2)6-7-14-10(13)5-3-4-9(11)12/h3-4,6H,5,7H2,1-2H3,(H,11,12). The number of ether oxygens (including phenoxy) is 1. The molecular weight excluding hydrogens is 184 g/mol. The Labute approximate surface area is 82.9 Å². The van der Waals surface area contributed by atoms with Gasteiger partial charge in [-0.1, -0.05) is 11.6 Å². The van der Waals surface area contributed by atoms with Gasteiger partial charge < -0.3 is 9.84 Å². The van der Waals surface area contributed by atoms with Gasteiger partial charge in [0.15, 0.2) is 0 Å². The van der Waals surface area contributed by atoms with Crippen LogP contribution in [0, 0.1) is 0 Å². The topological polar surface area (TPSA) is 63.6 Å². The van der Waals surface area contributed by atoms with E-state index in [-0.39, 0.29) is 13.0 Å². The normalized spacial score (nSPS) is 9.86. The molecule has 0 aromatic heterocycles. The van der Waals surface area contributed by atoms with Crippen molar-refractivity contribution in [2.45, 2.75) is 20.3 Å². The van der Waals surface area contributed by atoms with Crippen LogP contribution in [0.15, 0.2) is 23.8 Å². The first-order chi connectivity index (χ1) is 6.52. The van der Waals surface area contributed by atoms with E-state index < -0.39 is 11.9 Å². The first-order valence-electron chi connectivity index (χ1n) is 4.21. The summed E-state index contributed by atoms with van der Waals surface area (Å²) < 4.78 is 4.78. The van der Waals surface area contributed by atoms with Gasteiger partial charge in [0.2, 0.25) is 0 Å². The molecule has 0 aliphatic rings. The Balaban J connectivity index is 3.67. The van der Waals surface area contributed by atoms with Gasteiger partial charge in [-0.3, -0.25) is 4.79 Å². The van der Waals surface area contributed by atoms with Crippen molar-refractivity contribution in [3.63, 3.8) is 0 Å². The third kappa shape index (κ3) is 8.52. The summed E-state index contributed by atoms with van der Waals surface area (Å²) >= 11 is 0. The highest BCUT2D eigenvalue weighted by Gasteiger charge is 1.97. The second-order valence-electron chi connectivity index (χ2n) is 2.91. The van der Waals surface area contributed by atoms with Crippen LogP contribution >= 0.6 is 0 Å². The zero-order valence-electron chi connectivity index (χ0n) is 8.32. The van der Waals surface area contributed by atoms with Gasteiger partial charge in [0.25, 0.3) is 0 Å². The van der Waals surface area contributed by atoms with Crippen LogP contribution in [0.3, 0.4) is 0 Å². The van der Waals surface area contributed by atoms with E-state index in [9.17, 15) is 9.59 Å². The summed E-state index contributed by atoms with van der Waals surface area (Å²) in [6.45, 7) is 4.04. The zero-order chi connectivity index (χ0) is 11.0. The number of hydrogen-bond acceptors (Lipinski definition) is 3. The van der Waals surface area contributed by atoms with Crippen LogP contribution in [0.1, 0.15) is 20.3 Å². The lowest BCUT2D eigenvalue weighted by atomic mass is 10.3. The minimum atomic E-state index is -1.07. The predicted molar refractivity (Wildman–Crippen MR) is 51.8 cm³/mol. The maximum atomic E-state index is 10.9. The molecule has 4 heteroatoms. The van der Waals surface area contributed by atoms with E-state index in [0.717, 1.165) is 11.6 Å². The van der Waals surface area contributed by atoms with Crippen LogP contribution in [0.25, 0.3) is 0 Å². The summed E-state index contributed by atoms with van der Waals surface area (Å²) in [5.74, 6) is -1.50. The molecule has 0 radical (unpaired) electrons. The molecule has 4 nitrogen and oxygen atoms in total. The van der Waals surface area contributed by atoms with Gasteiger partial charge >= 0.3 is 11.9 Å². The number of rotatable bonds is 5. The Bertz CT molecular complexity index is 259. The van der Waals surface area contributed by atoms with Crippen molar-refractivity contribution in [2.24, 2.45) is 0 Å². The van der Waals surface area contributed by atoms with Crippen molar-refractivity contribution >= 4 is 11.9 Å². The lowest BCUT2D eigenvalue weighted by Crippen LogP contribution is -2.03. The average Bonchev–Trinajstić information content (AvgIpc) is 2.02. The molecule has 14 heavy (non-hydrogen) atoms. The van der Waals surface area contributed by atoms with Crippen molar-refractivity contribution in [2.75, 3.05) is 6.61 Å². The molecule has 0 unspecified atom stereocenters. The quantitative estimate of drug-likeness (QED) is 0.413. The monoisotopic (exact) mass is 198 g/mol. The molecule has 0 amide bonds. The first kappa shape index (κ1) is 12.4. The van der Waals surface area contributed by atoms with E-state index >= 15 is 0 Å². The largest absolute Gasteiger partial charge is 0.478 e. The maximum Gasteiger partial charge on any atom is 0.327 e. The number of carboxylic acid groups (broad SMARTS) is 1. The molecule has 0 atom stereocenters. The minimum Gasteiger partial charge on any atom is -0.478 e. The average molecular weight is 198 g/mol. The molecule has 0 spiro atoms. The SMILES string of the molecule is CC(C)=CCOC(=O)CC=CC(=O)O. The third-order valence-electron chi connectivity index (χ3n) is 1.28. The molecule has 1 N–H and O–H groups in total. The first-order valence-corrected chi connectivity index (χ1v) is 4.21. The fourth-order valence-corrected chi connectivity index (χ4v) is 0.616. The van der Waals surface area contributed by atoms with E-state index in [1.165, 1.54) is 6.08 Å². The van der Waals surface area contributed by atoms with Crippen LogP contribution in [-0.2, 0) is 14.3 Å². The molecule has 0 saturated heterocycles. The minimum absolute atomic E-state index is 0.0110. The van der Waals surface area contributed by atoms with Crippen molar-refractivity contribution in [3.8, 4) is 0 Å². The van der Waals surface area contributed by atoms with Crippen molar-refractivity contribution < 1.29 is 19.4 Å². The smallest absolute Gasteiger partial charge is 0.327 e. The molecule has 78 valence electrons. The molecule has 0 aromatic rings. The third-order valence-corrected chi connectivity index (χ3v) is 1.28. The van der Waals surface area contributed by atoms with E-state index in [1.807, 2.05) is 13.8 Å². The second kappa shape index (κ2) is 6.88. The summed E-state index contributed by atoms with van der Waals surface area (Å²) in [7, 11) is 0. The molecule has 0 rings (SSSR count). The molecule has 0 fully saturated rings. The zero-order valence-corrected chi connectivity index (χ0v) is 8.32. The Hall–Kier alpha value is -1.58. The highest BCUT2D eigenvalue weighted by Crippen LogP contribution is 1.92. The van der Waals surface area contributed by atoms with Gasteiger partial charge in [0.1, 0.15) is 6.61 Å². The Morgan fingerprint density at radius 1 is 1.36 bits per heavy atom. The number of carboxylic acids is 1. The lowest BCUT2D eigenvalue weighted by Gasteiger charge is -1.98. The second-order valence-corrected chi connectivity index (χ2v) is 2.91. The molecule has 0 bridgehead atoms. The van der Waals surface area contributed by atoms with Gasteiger partial charge in [0.05, 0.1) is 6.42 Å². The van der Waals surface area contributed by atoms with Gasteiger partial charge in [-0.15, -0.1) is 0 Å². The highest BCUT2D eigenvalue weighted by atomic mass is 16.5. The van der Waals surface area contributed by atoms with Crippen LogP contribution < -0.4 is 0 Å². The van der Waals surface area contributed by atoms with E-state index in [1.54, 1.807) is 6.08 Å². The van der Waals surface area contributed by atoms with Gasteiger partial charge in [-0.05, 0) is 19.9 Å². The number of carbonyl (C=O) groups is 2. The van der Waals surface area contributed by atoms with Crippen LogP contribution in [0.2, 0.25) is 0 Å². The van der Waals surface area contributed by atoms with Crippen molar-refractivity contribution in [1.82, 2.24) is 0 Å². The Morgan fingerprint density at radius 3 is 2.50 bits per heavy atom. The Kier molecular flexibility index (Phi) is 6.11. The fourth-order valence-electron chi connectivity index (χ4n) is 0.616. The van der Waals surface area contributed by atoms with Crippen LogP contribution in [0.4, 0.5) is 0 Å². The van der Waals surface area contributed by atoms with E-state index in [0.29, 0.717) is 0 Å². The molecule has 0 aliphatic heterocycles. The summed E-state index contributed by atoms with van der Waals surface area (Å²) in [5, 5.41) is 8.23.